The van der Waals surface area contributed by atoms with Gasteiger partial charge in [-0.15, -0.1) is 0 Å². The monoisotopic (exact) mass is 422 g/mol. The van der Waals surface area contributed by atoms with Crippen LogP contribution in [0.1, 0.15) is 72.9 Å². The van der Waals surface area contributed by atoms with Gasteiger partial charge in [-0.05, 0) is 78.1 Å². The number of fused-ring (bicyclic) bond motifs is 2. The molecule has 0 spiro atoms. The van der Waals surface area contributed by atoms with Crippen LogP contribution in [0.5, 0.6) is 0 Å². The normalized spacial score (nSPS) is 18.9. The first-order chi connectivity index (χ1) is 15.7. The van der Waals surface area contributed by atoms with Gasteiger partial charge in [0.05, 0.1) is 6.04 Å². The summed E-state index contributed by atoms with van der Waals surface area (Å²) in [5, 5.41) is 1.26. The van der Waals surface area contributed by atoms with E-state index in [1.165, 1.54) is 48.6 Å². The molecular formula is C29H35BN2. The van der Waals surface area contributed by atoms with Gasteiger partial charge in [0, 0.05) is 23.6 Å². The second kappa shape index (κ2) is 9.21. The fraction of sp³-hybridized carbons (Fsp3) is 0.448. The van der Waals surface area contributed by atoms with E-state index in [0.717, 1.165) is 43.6 Å². The van der Waals surface area contributed by atoms with E-state index < -0.39 is 0 Å². The van der Waals surface area contributed by atoms with Crippen molar-refractivity contribution in [1.82, 2.24) is 9.88 Å². The highest BCUT2D eigenvalue weighted by Crippen LogP contribution is 2.37. The Morgan fingerprint density at radius 1 is 1.12 bits per heavy atom. The molecule has 2 heterocycles. The van der Waals surface area contributed by atoms with Crippen molar-refractivity contribution in [3.8, 4) is 0 Å². The minimum absolute atomic E-state index is 0.399. The lowest BCUT2D eigenvalue weighted by Gasteiger charge is -2.37. The Bertz CT molecular complexity index is 1110. The largest absolute Gasteiger partial charge is 0.371 e. The Morgan fingerprint density at radius 2 is 1.97 bits per heavy atom. The predicted molar refractivity (Wildman–Crippen MR) is 137 cm³/mol. The molecule has 3 heteroatoms. The van der Waals surface area contributed by atoms with Crippen molar-refractivity contribution in [3.05, 3.63) is 77.1 Å². The van der Waals surface area contributed by atoms with E-state index in [1.807, 2.05) is 6.07 Å². The predicted octanol–water partition coefficient (Wildman–Crippen LogP) is 5.93. The molecule has 0 amide bonds. The van der Waals surface area contributed by atoms with E-state index in [4.69, 9.17) is 7.85 Å². The quantitative estimate of drug-likeness (QED) is 0.468. The number of nitrogens with one attached hydrogen (secondary N) is 1. The van der Waals surface area contributed by atoms with Gasteiger partial charge in [-0.2, -0.15) is 0 Å². The minimum atomic E-state index is 0.399. The van der Waals surface area contributed by atoms with Crippen LogP contribution in [0, 0.1) is 5.92 Å². The van der Waals surface area contributed by atoms with Gasteiger partial charge in [0.15, 0.2) is 0 Å². The van der Waals surface area contributed by atoms with Crippen molar-refractivity contribution >= 4 is 24.2 Å². The average Bonchev–Trinajstić information content (AvgIpc) is 3.46. The number of rotatable bonds is 7. The molecular weight excluding hydrogens is 387 g/mol. The number of aromatic nitrogens is 1. The zero-order valence-corrected chi connectivity index (χ0v) is 19.5. The maximum atomic E-state index is 6.07. The number of aromatic amines is 1. The molecule has 0 bridgehead atoms. The summed E-state index contributed by atoms with van der Waals surface area (Å²) in [6.45, 7) is 7.54. The number of aryl methyl sites for hydroxylation is 2. The molecule has 32 heavy (non-hydrogen) atoms. The van der Waals surface area contributed by atoms with Gasteiger partial charge in [0.2, 0.25) is 0 Å². The lowest BCUT2D eigenvalue weighted by atomic mass is 9.83. The Balaban J connectivity index is 1.44. The van der Waals surface area contributed by atoms with Crippen molar-refractivity contribution in [3.63, 3.8) is 0 Å². The highest BCUT2D eigenvalue weighted by atomic mass is 15.1. The molecule has 1 atom stereocenters. The summed E-state index contributed by atoms with van der Waals surface area (Å²) in [6.07, 6.45) is 15.5. The third kappa shape index (κ3) is 4.14. The molecule has 1 aromatic heterocycles. The van der Waals surface area contributed by atoms with E-state index in [9.17, 15) is 0 Å². The second-order valence-corrected chi connectivity index (χ2v) is 9.87. The molecule has 1 saturated carbocycles. The number of hydrogen-bond donors (Lipinski definition) is 1. The van der Waals surface area contributed by atoms with Gasteiger partial charge < -0.3 is 9.88 Å². The maximum Gasteiger partial charge on any atom is 0.113 e. The molecule has 2 aliphatic rings. The molecule has 1 aliphatic carbocycles. The van der Waals surface area contributed by atoms with Crippen LogP contribution in [0.15, 0.2) is 49.3 Å². The summed E-state index contributed by atoms with van der Waals surface area (Å²) in [7, 11) is 6.07. The van der Waals surface area contributed by atoms with Crippen LogP contribution in [0.25, 0.3) is 10.9 Å². The first-order valence-corrected chi connectivity index (χ1v) is 12.5. The zero-order valence-electron chi connectivity index (χ0n) is 19.5. The van der Waals surface area contributed by atoms with E-state index in [2.05, 4.69) is 60.0 Å². The van der Waals surface area contributed by atoms with Crippen molar-refractivity contribution in [2.45, 2.75) is 70.8 Å². The Hall–Kier alpha value is -2.42. The van der Waals surface area contributed by atoms with Crippen LogP contribution >= 0.6 is 0 Å². The summed E-state index contributed by atoms with van der Waals surface area (Å²) >= 11 is 0. The second-order valence-electron chi connectivity index (χ2n) is 9.87. The smallest absolute Gasteiger partial charge is 0.113 e. The minimum Gasteiger partial charge on any atom is -0.371 e. The van der Waals surface area contributed by atoms with Crippen LogP contribution in [0.2, 0.25) is 0 Å². The maximum absolute atomic E-state index is 6.07. The van der Waals surface area contributed by atoms with Gasteiger partial charge in [-0.1, -0.05) is 68.9 Å². The van der Waals surface area contributed by atoms with E-state index in [-0.39, 0.29) is 0 Å². The van der Waals surface area contributed by atoms with Gasteiger partial charge in [-0.3, -0.25) is 0 Å². The van der Waals surface area contributed by atoms with Crippen molar-refractivity contribution in [1.29, 1.82) is 0 Å². The molecule has 2 aromatic carbocycles. The SMILES string of the molecule is [B]c1ccc2[nH]cc(CCC3c4cc(CC5CCCC5)c(CC)cc4CCN3C=C)c2c1. The van der Waals surface area contributed by atoms with Crippen molar-refractivity contribution in [2.24, 2.45) is 5.92 Å². The summed E-state index contributed by atoms with van der Waals surface area (Å²) < 4.78 is 0. The molecule has 3 aromatic rings. The molecule has 2 radical (unpaired) electrons. The Morgan fingerprint density at radius 3 is 2.75 bits per heavy atom. The third-order valence-corrected chi connectivity index (χ3v) is 7.94. The number of nitrogens with zero attached hydrogens (tertiary/aromatic N) is 1. The van der Waals surface area contributed by atoms with Crippen LogP contribution < -0.4 is 5.46 Å². The molecule has 5 rings (SSSR count). The van der Waals surface area contributed by atoms with Gasteiger partial charge in [0.25, 0.3) is 0 Å². The van der Waals surface area contributed by atoms with Crippen molar-refractivity contribution < 1.29 is 0 Å². The molecule has 1 N–H and O–H groups in total. The average molecular weight is 422 g/mol. The highest BCUT2D eigenvalue weighted by molar-refractivity contribution is 6.33. The number of H-pyrrole nitrogens is 1. The van der Waals surface area contributed by atoms with Crippen LogP contribution in [0.3, 0.4) is 0 Å². The van der Waals surface area contributed by atoms with E-state index >= 15 is 0 Å². The summed E-state index contributed by atoms with van der Waals surface area (Å²) in [5.74, 6) is 0.882. The lowest BCUT2D eigenvalue weighted by molar-refractivity contribution is 0.252. The first-order valence-electron chi connectivity index (χ1n) is 12.5. The highest BCUT2D eigenvalue weighted by Gasteiger charge is 2.27. The summed E-state index contributed by atoms with van der Waals surface area (Å²) in [6, 6.07) is 11.7. The van der Waals surface area contributed by atoms with Crippen LogP contribution in [-0.2, 0) is 25.7 Å². The summed E-state index contributed by atoms with van der Waals surface area (Å²) in [5.41, 5.74) is 9.65. The molecule has 1 aliphatic heterocycles. The lowest BCUT2D eigenvalue weighted by Crippen LogP contribution is -2.32. The molecule has 0 saturated heterocycles. The first kappa shape index (κ1) is 21.4. The fourth-order valence-electron chi connectivity index (χ4n) is 6.15. The molecule has 1 fully saturated rings. The molecule has 1 unspecified atom stereocenters. The van der Waals surface area contributed by atoms with E-state index in [0.29, 0.717) is 6.04 Å². The van der Waals surface area contributed by atoms with Gasteiger partial charge >= 0.3 is 0 Å². The fourth-order valence-corrected chi connectivity index (χ4v) is 6.15. The Labute approximate surface area is 194 Å². The summed E-state index contributed by atoms with van der Waals surface area (Å²) in [4.78, 5) is 5.89. The third-order valence-electron chi connectivity index (χ3n) is 7.94. The standard InChI is InChI=1S/C29H35BN2/c1-3-21-16-22-13-14-32(4-2)29(27(22)17-24(21)15-20-7-5-6-8-20)12-9-23-19-31-28-11-10-25(30)18-26(23)28/h4,10-11,16-20,29,31H,2-3,5-9,12-15H2,1H3. The zero-order chi connectivity index (χ0) is 22.1. The van der Waals surface area contributed by atoms with Crippen LogP contribution in [0.4, 0.5) is 0 Å². The molecule has 2 nitrogen and oxygen atoms in total. The number of hydrogen-bond acceptors (Lipinski definition) is 1. The topological polar surface area (TPSA) is 19.0 Å². The van der Waals surface area contributed by atoms with Crippen molar-refractivity contribution in [2.75, 3.05) is 6.54 Å². The van der Waals surface area contributed by atoms with E-state index in [1.54, 1.807) is 22.3 Å². The Kier molecular flexibility index (Phi) is 6.17. The van der Waals surface area contributed by atoms with Gasteiger partial charge in [0.1, 0.15) is 7.85 Å². The van der Waals surface area contributed by atoms with Crippen LogP contribution in [-0.4, -0.2) is 24.3 Å². The molecule has 164 valence electrons. The number of benzene rings is 2. The van der Waals surface area contributed by atoms with Gasteiger partial charge in [-0.25, -0.2) is 0 Å².